The zero-order chi connectivity index (χ0) is 10.5. The van der Waals surface area contributed by atoms with E-state index >= 15 is 0 Å². The Morgan fingerprint density at radius 3 is 2.40 bits per heavy atom. The molecule has 1 atom stereocenters. The zero-order valence-corrected chi connectivity index (χ0v) is 9.49. The molecule has 0 bridgehead atoms. The van der Waals surface area contributed by atoms with E-state index in [1.165, 1.54) is 32.1 Å². The third kappa shape index (κ3) is 2.98. The molecule has 1 nitrogen and oxygen atoms in total. The first-order chi connectivity index (χ1) is 7.36. The van der Waals surface area contributed by atoms with Crippen molar-refractivity contribution in [2.45, 2.75) is 45.1 Å². The second-order valence-electron chi connectivity index (χ2n) is 4.53. The molecule has 1 aliphatic rings. The summed E-state index contributed by atoms with van der Waals surface area (Å²) >= 11 is 0. The van der Waals surface area contributed by atoms with Crippen LogP contribution in [0.5, 0.6) is 5.75 Å². The van der Waals surface area contributed by atoms with E-state index in [9.17, 15) is 0 Å². The van der Waals surface area contributed by atoms with Crippen LogP contribution < -0.4 is 4.74 Å². The maximum atomic E-state index is 5.95. The Bertz CT molecular complexity index is 275. The maximum absolute atomic E-state index is 5.95. The maximum Gasteiger partial charge on any atom is 0.119 e. The summed E-state index contributed by atoms with van der Waals surface area (Å²) in [6, 6.07) is 10.2. The SMILES string of the molecule is CC(Oc1ccccc1)C1CCCCC1. The summed E-state index contributed by atoms with van der Waals surface area (Å²) in [7, 11) is 0. The highest BCUT2D eigenvalue weighted by atomic mass is 16.5. The van der Waals surface area contributed by atoms with Crippen LogP contribution in [0.15, 0.2) is 30.3 Å². The summed E-state index contributed by atoms with van der Waals surface area (Å²) in [4.78, 5) is 0. The molecule has 1 saturated carbocycles. The lowest BCUT2D eigenvalue weighted by atomic mass is 9.86. The van der Waals surface area contributed by atoms with Crippen LogP contribution >= 0.6 is 0 Å². The van der Waals surface area contributed by atoms with E-state index in [0.29, 0.717) is 6.10 Å². The second kappa shape index (κ2) is 5.20. The molecule has 15 heavy (non-hydrogen) atoms. The number of benzene rings is 1. The molecule has 0 heterocycles. The lowest BCUT2D eigenvalue weighted by molar-refractivity contribution is 0.123. The summed E-state index contributed by atoms with van der Waals surface area (Å²) in [6.45, 7) is 2.21. The number of rotatable bonds is 3. The van der Waals surface area contributed by atoms with Crippen LogP contribution in [0.4, 0.5) is 0 Å². The normalized spacial score (nSPS) is 19.8. The fourth-order valence-electron chi connectivity index (χ4n) is 2.41. The molecule has 1 heteroatoms. The predicted molar refractivity (Wildman–Crippen MR) is 63.1 cm³/mol. The van der Waals surface area contributed by atoms with Crippen molar-refractivity contribution in [1.29, 1.82) is 0 Å². The quantitative estimate of drug-likeness (QED) is 0.722. The van der Waals surface area contributed by atoms with Crippen LogP contribution in [0.2, 0.25) is 0 Å². The van der Waals surface area contributed by atoms with E-state index in [1.54, 1.807) is 0 Å². The third-order valence-corrected chi connectivity index (χ3v) is 3.38. The topological polar surface area (TPSA) is 9.23 Å². The van der Waals surface area contributed by atoms with E-state index in [2.05, 4.69) is 6.92 Å². The van der Waals surface area contributed by atoms with E-state index < -0.39 is 0 Å². The van der Waals surface area contributed by atoms with Crippen LogP contribution in [0, 0.1) is 5.92 Å². The Kier molecular flexibility index (Phi) is 3.65. The molecule has 2 rings (SSSR count). The molecule has 0 aromatic heterocycles. The highest BCUT2D eigenvalue weighted by Crippen LogP contribution is 2.28. The fraction of sp³-hybridized carbons (Fsp3) is 0.571. The predicted octanol–water partition coefficient (Wildman–Crippen LogP) is 4.03. The number of hydrogen-bond donors (Lipinski definition) is 0. The van der Waals surface area contributed by atoms with E-state index in [0.717, 1.165) is 11.7 Å². The van der Waals surface area contributed by atoms with Gasteiger partial charge in [0, 0.05) is 0 Å². The van der Waals surface area contributed by atoms with Gasteiger partial charge in [0.15, 0.2) is 0 Å². The van der Waals surface area contributed by atoms with Gasteiger partial charge in [-0.15, -0.1) is 0 Å². The second-order valence-corrected chi connectivity index (χ2v) is 4.53. The summed E-state index contributed by atoms with van der Waals surface area (Å²) in [5, 5.41) is 0. The van der Waals surface area contributed by atoms with Crippen molar-refractivity contribution in [2.24, 2.45) is 5.92 Å². The summed E-state index contributed by atoms with van der Waals surface area (Å²) in [5.74, 6) is 1.77. The highest BCUT2D eigenvalue weighted by molar-refractivity contribution is 5.21. The Morgan fingerprint density at radius 2 is 1.73 bits per heavy atom. The molecule has 1 unspecified atom stereocenters. The Balaban J connectivity index is 1.88. The molecule has 0 aliphatic heterocycles. The average Bonchev–Trinajstić information content (AvgIpc) is 2.31. The van der Waals surface area contributed by atoms with Gasteiger partial charge in [-0.05, 0) is 37.8 Å². The van der Waals surface area contributed by atoms with Crippen molar-refractivity contribution in [3.05, 3.63) is 30.3 Å². The van der Waals surface area contributed by atoms with Gasteiger partial charge in [0.05, 0.1) is 6.10 Å². The zero-order valence-electron chi connectivity index (χ0n) is 9.49. The van der Waals surface area contributed by atoms with Crippen molar-refractivity contribution < 1.29 is 4.74 Å². The molecule has 1 aliphatic carbocycles. The number of para-hydroxylation sites is 1. The van der Waals surface area contributed by atoms with Gasteiger partial charge in [0.2, 0.25) is 0 Å². The van der Waals surface area contributed by atoms with Gasteiger partial charge in [-0.2, -0.15) is 0 Å². The molecule has 0 amide bonds. The minimum atomic E-state index is 0.368. The van der Waals surface area contributed by atoms with Crippen molar-refractivity contribution in [3.63, 3.8) is 0 Å². The van der Waals surface area contributed by atoms with Crippen LogP contribution in [0.1, 0.15) is 39.0 Å². The van der Waals surface area contributed by atoms with Gasteiger partial charge >= 0.3 is 0 Å². The van der Waals surface area contributed by atoms with Crippen LogP contribution in [0.25, 0.3) is 0 Å². The van der Waals surface area contributed by atoms with E-state index in [4.69, 9.17) is 4.74 Å². The van der Waals surface area contributed by atoms with Gasteiger partial charge in [-0.1, -0.05) is 37.5 Å². The van der Waals surface area contributed by atoms with Gasteiger partial charge in [-0.3, -0.25) is 0 Å². The molecule has 1 aromatic carbocycles. The Morgan fingerprint density at radius 1 is 1.07 bits per heavy atom. The molecule has 0 radical (unpaired) electrons. The average molecular weight is 204 g/mol. The van der Waals surface area contributed by atoms with Crippen molar-refractivity contribution in [2.75, 3.05) is 0 Å². The smallest absolute Gasteiger partial charge is 0.119 e. The van der Waals surface area contributed by atoms with Crippen molar-refractivity contribution in [3.8, 4) is 5.75 Å². The Labute approximate surface area is 92.5 Å². The third-order valence-electron chi connectivity index (χ3n) is 3.38. The van der Waals surface area contributed by atoms with Crippen LogP contribution in [0.3, 0.4) is 0 Å². The first-order valence-electron chi connectivity index (χ1n) is 6.08. The molecule has 1 fully saturated rings. The lowest BCUT2D eigenvalue weighted by Gasteiger charge is -2.28. The van der Waals surface area contributed by atoms with E-state index in [-0.39, 0.29) is 0 Å². The first kappa shape index (κ1) is 10.5. The highest BCUT2D eigenvalue weighted by Gasteiger charge is 2.21. The van der Waals surface area contributed by atoms with Gasteiger partial charge in [0.25, 0.3) is 0 Å². The van der Waals surface area contributed by atoms with Crippen LogP contribution in [-0.4, -0.2) is 6.10 Å². The Hall–Kier alpha value is -0.980. The number of hydrogen-bond acceptors (Lipinski definition) is 1. The largest absolute Gasteiger partial charge is 0.490 e. The minimum absolute atomic E-state index is 0.368. The minimum Gasteiger partial charge on any atom is -0.490 e. The first-order valence-corrected chi connectivity index (χ1v) is 6.08. The summed E-state index contributed by atoms with van der Waals surface area (Å²) in [6.07, 6.45) is 7.23. The fourth-order valence-corrected chi connectivity index (χ4v) is 2.41. The van der Waals surface area contributed by atoms with Crippen LogP contribution in [-0.2, 0) is 0 Å². The summed E-state index contributed by atoms with van der Waals surface area (Å²) < 4.78 is 5.95. The van der Waals surface area contributed by atoms with Gasteiger partial charge < -0.3 is 4.74 Å². The molecule has 82 valence electrons. The molecule has 0 spiro atoms. The number of ether oxygens (including phenoxy) is 1. The van der Waals surface area contributed by atoms with Gasteiger partial charge in [0.1, 0.15) is 5.75 Å². The summed E-state index contributed by atoms with van der Waals surface area (Å²) in [5.41, 5.74) is 0. The van der Waals surface area contributed by atoms with E-state index in [1.807, 2.05) is 30.3 Å². The lowest BCUT2D eigenvalue weighted by Crippen LogP contribution is -2.25. The molecule has 0 saturated heterocycles. The van der Waals surface area contributed by atoms with Gasteiger partial charge in [-0.25, -0.2) is 0 Å². The monoisotopic (exact) mass is 204 g/mol. The van der Waals surface area contributed by atoms with Crippen molar-refractivity contribution >= 4 is 0 Å². The van der Waals surface area contributed by atoms with Crippen molar-refractivity contribution in [1.82, 2.24) is 0 Å². The standard InChI is InChI=1S/C14H20O/c1-12(13-8-4-2-5-9-13)15-14-10-6-3-7-11-14/h3,6-7,10-13H,2,4-5,8-9H2,1H3. The molecular weight excluding hydrogens is 184 g/mol. The molecular formula is C14H20O. The molecule has 1 aromatic rings. The molecule has 0 N–H and O–H groups in total.